The highest BCUT2D eigenvalue weighted by atomic mass is 16.2. The van der Waals surface area contributed by atoms with E-state index in [0.717, 1.165) is 143 Å². The molecule has 8 nitrogen and oxygen atoms in total. The van der Waals surface area contributed by atoms with Crippen LogP contribution in [0.4, 0.5) is 11.4 Å². The highest BCUT2D eigenvalue weighted by Crippen LogP contribution is 2.50. The summed E-state index contributed by atoms with van der Waals surface area (Å²) in [5.41, 5.74) is 12.2. The fraction of sp³-hybridized carbons (Fsp3) is 0.443. The van der Waals surface area contributed by atoms with Crippen LogP contribution in [0.15, 0.2) is 126 Å². The van der Waals surface area contributed by atoms with Crippen LogP contribution in [0.3, 0.4) is 0 Å². The molecular formula is C61H68N6O2. The van der Waals surface area contributed by atoms with Gasteiger partial charge in [-0.2, -0.15) is 0 Å². The SMILES string of the molecule is CC(C)(C)c1ccc(N2C(c3ccc4nc([C@@H]5CCCN5C(=O)C5(c6ccccc6)CCCC5)[nH]c4c3)CC[C@@H]2c2ccc3c(c2)CC([C@@H]2CCCN2C(=O)C2(c4ccccc4)CCCC2)=N3)cc1. The molecule has 6 aliphatic rings. The molecule has 12 rings (SSSR count). The molecule has 0 spiro atoms. The van der Waals surface area contributed by atoms with Gasteiger partial charge in [0, 0.05) is 30.9 Å². The van der Waals surface area contributed by atoms with Crippen molar-refractivity contribution in [3.63, 3.8) is 0 Å². The Morgan fingerprint density at radius 3 is 1.74 bits per heavy atom. The van der Waals surface area contributed by atoms with E-state index >= 15 is 0 Å². The number of rotatable bonds is 9. The lowest BCUT2D eigenvalue weighted by atomic mass is 9.77. The largest absolute Gasteiger partial charge is 0.357 e. The Bertz CT molecular complexity index is 2900. The Morgan fingerprint density at radius 2 is 1.14 bits per heavy atom. The molecule has 0 radical (unpaired) electrons. The van der Waals surface area contributed by atoms with E-state index in [4.69, 9.17) is 9.98 Å². The lowest BCUT2D eigenvalue weighted by Gasteiger charge is -2.36. The van der Waals surface area contributed by atoms with Crippen LogP contribution in [-0.4, -0.2) is 56.4 Å². The van der Waals surface area contributed by atoms with Crippen molar-refractivity contribution in [1.82, 2.24) is 19.8 Å². The lowest BCUT2D eigenvalue weighted by molar-refractivity contribution is -0.138. The standard InChI is InChI=1S/C61H68N6O2/c1-59(2,3)44-24-26-47(27-25-44)67-52(41-22-28-48-43(38-41)40-51(62-48)54-20-14-36-65(54)57(68)60(32-10-11-33-60)45-16-6-4-7-17-45)30-31-53(67)42-23-29-49-50(39-42)64-56(63-49)55-21-15-37-66(55)58(69)61(34-12-13-35-61)46-18-8-5-9-19-46/h4-9,16-19,22-29,38-39,52-55H,10-15,20-21,30-37,40H2,1-3H3,(H,63,64)/t52-,53?,54+,55+/m1/s1. The number of fused-ring (bicyclic) bond motifs is 2. The summed E-state index contributed by atoms with van der Waals surface area (Å²) in [6.45, 7) is 8.44. The van der Waals surface area contributed by atoms with Crippen LogP contribution in [0, 0.1) is 0 Å². The Labute approximate surface area is 408 Å². The smallest absolute Gasteiger partial charge is 0.233 e. The van der Waals surface area contributed by atoms with Crippen molar-refractivity contribution < 1.29 is 9.59 Å². The average molecular weight is 917 g/mol. The van der Waals surface area contributed by atoms with Gasteiger partial charge >= 0.3 is 0 Å². The summed E-state index contributed by atoms with van der Waals surface area (Å²) in [4.78, 5) is 50.8. The van der Waals surface area contributed by atoms with Crippen molar-refractivity contribution in [2.75, 3.05) is 18.0 Å². The van der Waals surface area contributed by atoms with Crippen LogP contribution in [0.1, 0.15) is 168 Å². The number of aromatic amines is 1. The average Bonchev–Trinajstić information content (AvgIpc) is 4.24. The van der Waals surface area contributed by atoms with Gasteiger partial charge in [0.1, 0.15) is 5.82 Å². The summed E-state index contributed by atoms with van der Waals surface area (Å²) < 4.78 is 0. The number of aromatic nitrogens is 2. The number of imidazole rings is 1. The Kier molecular flexibility index (Phi) is 11.2. The molecule has 2 amide bonds. The topological polar surface area (TPSA) is 84.9 Å². The molecule has 0 bridgehead atoms. The number of carbonyl (C=O) groups excluding carboxylic acids is 2. The van der Waals surface area contributed by atoms with Gasteiger partial charge in [0.15, 0.2) is 0 Å². The first-order chi connectivity index (χ1) is 33.6. The Balaban J connectivity index is 0.819. The molecule has 5 fully saturated rings. The molecule has 1 unspecified atom stereocenters. The summed E-state index contributed by atoms with van der Waals surface area (Å²) in [6, 6.07) is 44.6. The van der Waals surface area contributed by atoms with E-state index < -0.39 is 10.8 Å². The van der Waals surface area contributed by atoms with Gasteiger partial charge in [0.2, 0.25) is 11.8 Å². The van der Waals surface area contributed by atoms with Gasteiger partial charge in [-0.3, -0.25) is 14.6 Å². The van der Waals surface area contributed by atoms with Crippen LogP contribution >= 0.6 is 0 Å². The van der Waals surface area contributed by atoms with Gasteiger partial charge in [-0.1, -0.05) is 137 Å². The number of nitrogens with one attached hydrogen (secondary N) is 1. The first-order valence-electron chi connectivity index (χ1n) is 26.4. The molecule has 1 aromatic heterocycles. The van der Waals surface area contributed by atoms with Crippen LogP contribution in [0.5, 0.6) is 0 Å². The molecule has 5 heterocycles. The number of aliphatic imine (C=N–C) groups is 1. The van der Waals surface area contributed by atoms with Gasteiger partial charge in [0.05, 0.1) is 51.7 Å². The van der Waals surface area contributed by atoms with E-state index in [-0.39, 0.29) is 35.5 Å². The van der Waals surface area contributed by atoms with Crippen LogP contribution in [0.2, 0.25) is 0 Å². The van der Waals surface area contributed by atoms with Crippen LogP contribution < -0.4 is 4.90 Å². The lowest BCUT2D eigenvalue weighted by Crippen LogP contribution is -2.49. The fourth-order valence-electron chi connectivity index (χ4n) is 13.9. The molecule has 5 aromatic carbocycles. The molecule has 2 saturated carbocycles. The normalized spacial score (nSPS) is 24.1. The molecule has 2 aliphatic carbocycles. The first-order valence-corrected chi connectivity index (χ1v) is 26.4. The maximum absolute atomic E-state index is 14.7. The van der Waals surface area contributed by atoms with E-state index in [2.05, 4.69) is 162 Å². The third-order valence-corrected chi connectivity index (χ3v) is 17.6. The predicted octanol–water partition coefficient (Wildman–Crippen LogP) is 13.3. The maximum atomic E-state index is 14.7. The molecule has 354 valence electrons. The Morgan fingerprint density at radius 1 is 0.594 bits per heavy atom. The number of benzene rings is 5. The quantitative estimate of drug-likeness (QED) is 0.157. The summed E-state index contributed by atoms with van der Waals surface area (Å²) >= 11 is 0. The van der Waals surface area contributed by atoms with Crippen molar-refractivity contribution in [2.45, 2.75) is 157 Å². The van der Waals surface area contributed by atoms with E-state index in [0.29, 0.717) is 5.91 Å². The number of carbonyl (C=O) groups is 2. The van der Waals surface area contributed by atoms with E-state index in [1.165, 1.54) is 33.5 Å². The van der Waals surface area contributed by atoms with Crippen molar-refractivity contribution in [3.8, 4) is 0 Å². The Hall–Kier alpha value is -6.02. The monoisotopic (exact) mass is 917 g/mol. The third kappa shape index (κ3) is 7.63. The van der Waals surface area contributed by atoms with Crippen LogP contribution in [0.25, 0.3) is 11.0 Å². The van der Waals surface area contributed by atoms with Crippen molar-refractivity contribution >= 4 is 39.9 Å². The number of likely N-dealkylation sites (tertiary alicyclic amines) is 2. The molecule has 8 heteroatoms. The summed E-state index contributed by atoms with van der Waals surface area (Å²) in [6.07, 6.45) is 14.8. The number of anilines is 1. The zero-order chi connectivity index (χ0) is 46.9. The minimum absolute atomic E-state index is 0.0524. The molecule has 6 aromatic rings. The second kappa shape index (κ2) is 17.4. The summed E-state index contributed by atoms with van der Waals surface area (Å²) in [5, 5.41) is 0. The molecule has 3 saturated heterocycles. The van der Waals surface area contributed by atoms with E-state index in [9.17, 15) is 9.59 Å². The number of amides is 2. The summed E-state index contributed by atoms with van der Waals surface area (Å²) in [5.74, 6) is 1.50. The molecular weight excluding hydrogens is 849 g/mol. The minimum Gasteiger partial charge on any atom is -0.357 e. The van der Waals surface area contributed by atoms with Gasteiger partial charge in [-0.25, -0.2) is 4.98 Å². The maximum Gasteiger partial charge on any atom is 0.233 e. The number of nitrogens with zero attached hydrogens (tertiary/aromatic N) is 5. The highest BCUT2D eigenvalue weighted by Gasteiger charge is 2.50. The predicted molar refractivity (Wildman–Crippen MR) is 277 cm³/mol. The van der Waals surface area contributed by atoms with Gasteiger partial charge in [0.25, 0.3) is 0 Å². The number of H-pyrrole nitrogens is 1. The molecule has 4 aliphatic heterocycles. The third-order valence-electron chi connectivity index (χ3n) is 17.6. The molecule has 69 heavy (non-hydrogen) atoms. The first kappa shape index (κ1) is 44.2. The van der Waals surface area contributed by atoms with Gasteiger partial charge in [-0.15, -0.1) is 0 Å². The minimum atomic E-state index is -0.441. The van der Waals surface area contributed by atoms with Gasteiger partial charge < -0.3 is 19.7 Å². The number of hydrogen-bond donors (Lipinski definition) is 1. The van der Waals surface area contributed by atoms with Crippen molar-refractivity contribution in [2.24, 2.45) is 4.99 Å². The van der Waals surface area contributed by atoms with Crippen molar-refractivity contribution in [3.05, 3.63) is 161 Å². The highest BCUT2D eigenvalue weighted by molar-refractivity contribution is 6.01. The van der Waals surface area contributed by atoms with Crippen molar-refractivity contribution in [1.29, 1.82) is 0 Å². The molecule has 1 N–H and O–H groups in total. The zero-order valence-corrected chi connectivity index (χ0v) is 40.9. The second-order valence-electron chi connectivity index (χ2n) is 22.5. The molecule has 4 atom stereocenters. The second-order valence-corrected chi connectivity index (χ2v) is 22.5. The van der Waals surface area contributed by atoms with Gasteiger partial charge in [-0.05, 0) is 133 Å². The fourth-order valence-corrected chi connectivity index (χ4v) is 13.9. The van der Waals surface area contributed by atoms with Crippen LogP contribution in [-0.2, 0) is 32.3 Å². The number of hydrogen-bond acceptors (Lipinski definition) is 5. The van der Waals surface area contributed by atoms with E-state index in [1.807, 2.05) is 0 Å². The summed E-state index contributed by atoms with van der Waals surface area (Å²) in [7, 11) is 0. The van der Waals surface area contributed by atoms with E-state index in [1.54, 1.807) is 0 Å². The zero-order valence-electron chi connectivity index (χ0n) is 40.9.